The van der Waals surface area contributed by atoms with Crippen molar-refractivity contribution >= 4 is 45.3 Å². The lowest BCUT2D eigenvalue weighted by molar-refractivity contribution is -0.894. The minimum Gasteiger partial charge on any atom is -0.756 e. The van der Waals surface area contributed by atoms with Crippen LogP contribution in [0.4, 0.5) is 4.79 Å². The Bertz CT molecular complexity index is 1710. The number of aromatic amines is 1. The van der Waals surface area contributed by atoms with Gasteiger partial charge in [-0.05, 0) is 67.2 Å². The van der Waals surface area contributed by atoms with Crippen molar-refractivity contribution < 1.29 is 71.4 Å². The Labute approximate surface area is 367 Å². The van der Waals surface area contributed by atoms with Crippen molar-refractivity contribution in [2.45, 2.75) is 135 Å². The highest BCUT2D eigenvalue weighted by molar-refractivity contribution is 8.00. The van der Waals surface area contributed by atoms with Crippen LogP contribution in [-0.4, -0.2) is 131 Å². The lowest BCUT2D eigenvalue weighted by atomic mass is 10.0. The number of ether oxygens (including phenoxy) is 1. The van der Waals surface area contributed by atoms with E-state index in [9.17, 15) is 53.1 Å². The molecule has 0 saturated carbocycles. The zero-order valence-corrected chi connectivity index (χ0v) is 39.3. The second-order valence-electron chi connectivity index (χ2n) is 14.9. The normalized spacial score (nSPS) is 24.7. The number of aliphatic hydroxyl groups is 2. The average Bonchev–Trinajstić information content (AvgIpc) is 3.86. The molecule has 0 radical (unpaired) electrons. The molecule has 8 N–H and O–H groups in total. The minimum absolute atomic E-state index is 0.120. The molecule has 3 saturated heterocycles. The van der Waals surface area contributed by atoms with Gasteiger partial charge in [0.2, 0.25) is 5.91 Å². The van der Waals surface area contributed by atoms with Crippen LogP contribution in [0, 0.1) is 0 Å². The quantitative estimate of drug-likeness (QED) is 0.0314. The Hall–Kier alpha value is -2.66. The molecule has 0 bridgehead atoms. The van der Waals surface area contributed by atoms with Crippen LogP contribution < -0.4 is 46.8 Å². The van der Waals surface area contributed by atoms with E-state index in [0.717, 1.165) is 35.4 Å². The fourth-order valence-corrected chi connectivity index (χ4v) is 10.4. The monoisotopic (exact) mass is 945 g/mol. The Morgan fingerprint density at radius 2 is 1.50 bits per heavy atom. The highest BCUT2D eigenvalue weighted by atomic mass is 32.2. The first kappa shape index (κ1) is 55.5. The number of thioether (sulfide) groups is 1. The Balaban J connectivity index is 0.000000811. The molecule has 3 fully saturated rings. The number of hydrogen-bond acceptors (Lipinski definition) is 16. The standard InChI is InChI=1S/C25H39N5O15P2S.2C6H15N/c31-17(7-4-3-6-16-20-14(13-48-16)27-24(36)29-20)26-10-5-1-2-8-19(33)44-47(40,41)45-46(38,39)42-12-15-21(34)22(35)23(43-15)30-11-9-18(32)28-25(30)37;2*1-4-7(5-2)6-3/h9,11,14-16,20-23,34-35H,1-8,10,12-13H2,(H,26,31)(H,38,39)(H,40,41)(H2,27,29,36)(H,28,32,37);2*4-6H2,1-3H3/t14?,15-,16?,20?,21+,22?,23-;;/m1../s1. The number of phosphoric ester groups is 2. The summed E-state index contributed by atoms with van der Waals surface area (Å²) in [7, 11) is -11.4. The molecule has 1 aromatic heterocycles. The number of rotatable bonds is 24. The number of amides is 3. The van der Waals surface area contributed by atoms with Gasteiger partial charge in [-0.25, -0.2) is 13.9 Å². The topological polar surface area (TPSA) is 309 Å². The molecule has 0 aromatic carbocycles. The second-order valence-corrected chi connectivity index (χ2v) is 19.1. The van der Waals surface area contributed by atoms with Gasteiger partial charge in [-0.2, -0.15) is 11.8 Å². The zero-order chi connectivity index (χ0) is 46.5. The highest BCUT2D eigenvalue weighted by Crippen LogP contribution is 2.56. The Morgan fingerprint density at radius 1 is 0.887 bits per heavy atom. The largest absolute Gasteiger partial charge is 0.756 e. The van der Waals surface area contributed by atoms with Crippen LogP contribution in [0.15, 0.2) is 21.9 Å². The van der Waals surface area contributed by atoms with Crippen LogP contribution in [0.1, 0.15) is 99.1 Å². The van der Waals surface area contributed by atoms with E-state index >= 15 is 0 Å². The van der Waals surface area contributed by atoms with Crippen molar-refractivity contribution in [3.8, 4) is 0 Å². The predicted molar refractivity (Wildman–Crippen MR) is 226 cm³/mol. The fraction of sp³-hybridized carbons (Fsp3) is 0.811. The van der Waals surface area contributed by atoms with Gasteiger partial charge in [0.05, 0.1) is 58.0 Å². The first-order valence-corrected chi connectivity index (χ1v) is 25.5. The molecule has 4 heterocycles. The van der Waals surface area contributed by atoms with E-state index in [1.54, 1.807) is 9.80 Å². The summed E-state index contributed by atoms with van der Waals surface area (Å²) in [5.74, 6) is -0.534. The van der Waals surface area contributed by atoms with Crippen molar-refractivity contribution in [3.63, 3.8) is 0 Å². The predicted octanol–water partition coefficient (Wildman–Crippen LogP) is -2.07. The van der Waals surface area contributed by atoms with Crippen molar-refractivity contribution in [2.24, 2.45) is 0 Å². The summed E-state index contributed by atoms with van der Waals surface area (Å²) in [4.78, 5) is 88.0. The first-order valence-electron chi connectivity index (χ1n) is 21.5. The number of aliphatic hydroxyl groups excluding tert-OH is 2. The fourth-order valence-electron chi connectivity index (χ4n) is 6.88. The molecule has 4 rings (SSSR count). The third kappa shape index (κ3) is 19.6. The number of quaternary nitrogens is 2. The summed E-state index contributed by atoms with van der Waals surface area (Å²) in [5.41, 5.74) is -1.73. The third-order valence-electron chi connectivity index (χ3n) is 10.7. The van der Waals surface area contributed by atoms with Gasteiger partial charge in [-0.3, -0.25) is 33.1 Å². The van der Waals surface area contributed by atoms with E-state index in [2.05, 4.69) is 70.9 Å². The molecule has 22 nitrogen and oxygen atoms in total. The lowest BCUT2D eigenvalue weighted by Crippen LogP contribution is -3.11. The van der Waals surface area contributed by atoms with Crippen LogP contribution in [-0.2, 0) is 36.8 Å². The van der Waals surface area contributed by atoms with Gasteiger partial charge in [0.1, 0.15) is 18.3 Å². The number of unbranched alkanes of at least 4 members (excludes halogenated alkanes) is 3. The van der Waals surface area contributed by atoms with E-state index in [0.29, 0.717) is 37.5 Å². The molecule has 0 spiro atoms. The number of hydrogen-bond donors (Lipinski definition) is 8. The van der Waals surface area contributed by atoms with Crippen LogP contribution in [0.5, 0.6) is 0 Å². The molecule has 9 atom stereocenters. The summed E-state index contributed by atoms with van der Waals surface area (Å²) in [6.45, 7) is 20.3. The molecular weight excluding hydrogens is 876 g/mol. The van der Waals surface area contributed by atoms with Gasteiger partial charge < -0.3 is 59.5 Å². The maximum absolute atomic E-state index is 12.1. The number of carbonyl (C=O) groups is 3. The van der Waals surface area contributed by atoms with Crippen LogP contribution in [0.25, 0.3) is 0 Å². The number of aromatic nitrogens is 2. The summed E-state index contributed by atoms with van der Waals surface area (Å²) in [5, 5.41) is 29.3. The Kier molecular flexibility index (Phi) is 25.3. The van der Waals surface area contributed by atoms with E-state index in [4.69, 9.17) is 4.74 Å². The maximum Gasteiger partial charge on any atom is 0.330 e. The molecule has 6 unspecified atom stereocenters. The smallest absolute Gasteiger partial charge is 0.330 e. The Morgan fingerprint density at radius 3 is 2.08 bits per heavy atom. The van der Waals surface area contributed by atoms with Crippen molar-refractivity contribution in [1.82, 2.24) is 25.5 Å². The van der Waals surface area contributed by atoms with Crippen molar-refractivity contribution in [3.05, 3.63) is 33.1 Å². The van der Waals surface area contributed by atoms with Crippen molar-refractivity contribution in [2.75, 3.05) is 58.2 Å². The molecule has 62 heavy (non-hydrogen) atoms. The zero-order valence-electron chi connectivity index (χ0n) is 36.7. The van der Waals surface area contributed by atoms with Gasteiger partial charge in [-0.1, -0.05) is 12.8 Å². The second kappa shape index (κ2) is 28.3. The molecule has 3 aliphatic rings. The number of nitrogens with zero attached hydrogens (tertiary/aromatic N) is 1. The number of urea groups is 1. The molecule has 25 heteroatoms. The molecule has 358 valence electrons. The van der Waals surface area contributed by atoms with E-state index in [1.807, 2.05) is 16.7 Å². The first-order chi connectivity index (χ1) is 29.3. The van der Waals surface area contributed by atoms with Crippen LogP contribution in [0.3, 0.4) is 0 Å². The minimum atomic E-state index is -5.75. The highest BCUT2D eigenvalue weighted by Gasteiger charge is 2.45. The van der Waals surface area contributed by atoms with E-state index < -0.39 is 70.4 Å². The molecular formula is C37H69N7O15P2S. The van der Waals surface area contributed by atoms with Crippen LogP contribution >= 0.6 is 27.4 Å². The van der Waals surface area contributed by atoms with Gasteiger partial charge in [0.15, 0.2) is 6.23 Å². The summed E-state index contributed by atoms with van der Waals surface area (Å²) in [6, 6.07) is 1.09. The number of phosphoric acid groups is 2. The maximum atomic E-state index is 12.1. The van der Waals surface area contributed by atoms with Gasteiger partial charge in [-0.15, -0.1) is 0 Å². The summed E-state index contributed by atoms with van der Waals surface area (Å²) >= 11 is 1.81. The van der Waals surface area contributed by atoms with Crippen molar-refractivity contribution in [1.29, 1.82) is 0 Å². The molecule has 0 aliphatic carbocycles. The summed E-state index contributed by atoms with van der Waals surface area (Å²) < 4.78 is 42.5. The SMILES string of the molecule is CC[NH+](CC)CC.CC[NH+](CC)CC.O=C(CCCCC1SCC2NC(=O)NC21)NCCCCCC(=O)OP(=O)([O-])OP(=O)([O-])OC[C@H]1O[C@@H](n2ccc(=O)[nH]c2=O)C(O)[C@H]1O. The lowest BCUT2D eigenvalue weighted by Gasteiger charge is -2.30. The number of fused-ring (bicyclic) bond motifs is 1. The number of nitrogens with one attached hydrogen (secondary N) is 6. The van der Waals surface area contributed by atoms with E-state index in [-0.39, 0.29) is 30.4 Å². The van der Waals surface area contributed by atoms with Gasteiger partial charge in [0.25, 0.3) is 13.4 Å². The van der Waals surface area contributed by atoms with Gasteiger partial charge in [0, 0.05) is 42.7 Å². The van der Waals surface area contributed by atoms with Crippen LogP contribution in [0.2, 0.25) is 0 Å². The average molecular weight is 946 g/mol. The third-order valence-corrected chi connectivity index (χ3v) is 14.7. The number of H-pyrrole nitrogens is 1. The van der Waals surface area contributed by atoms with E-state index in [1.165, 1.54) is 39.3 Å². The summed E-state index contributed by atoms with van der Waals surface area (Å²) in [6.07, 6.45) is -2.23. The molecule has 3 aliphatic heterocycles. The number of carbonyl (C=O) groups excluding carboxylic acids is 3. The van der Waals surface area contributed by atoms with Gasteiger partial charge >= 0.3 is 25.5 Å². The molecule has 3 amide bonds. The molecule has 1 aromatic rings.